The van der Waals surface area contributed by atoms with Gasteiger partial charge in [0, 0.05) is 36.3 Å². The molecule has 1 amide bonds. The van der Waals surface area contributed by atoms with Crippen LogP contribution in [0, 0.1) is 12.8 Å². The summed E-state index contributed by atoms with van der Waals surface area (Å²) in [7, 11) is 0. The normalized spacial score (nSPS) is 17.6. The third-order valence-electron chi connectivity index (χ3n) is 4.82. The summed E-state index contributed by atoms with van der Waals surface area (Å²) in [4.78, 5) is 27.3. The van der Waals surface area contributed by atoms with Crippen molar-refractivity contribution in [2.75, 3.05) is 25.1 Å². The highest BCUT2D eigenvalue weighted by Crippen LogP contribution is 2.28. The van der Waals surface area contributed by atoms with Gasteiger partial charge in [0.25, 0.3) is 5.91 Å². The summed E-state index contributed by atoms with van der Waals surface area (Å²) in [6, 6.07) is 5.85. The van der Waals surface area contributed by atoms with Crippen LogP contribution in [0.3, 0.4) is 0 Å². The summed E-state index contributed by atoms with van der Waals surface area (Å²) in [5.41, 5.74) is 2.23. The zero-order valence-corrected chi connectivity index (χ0v) is 16.8. The molecule has 0 bridgehead atoms. The molecule has 1 aliphatic heterocycles. The first-order chi connectivity index (χ1) is 13.6. The third-order valence-corrected chi connectivity index (χ3v) is 5.86. The van der Waals surface area contributed by atoms with Crippen molar-refractivity contribution in [2.45, 2.75) is 26.3 Å². The molecule has 0 aliphatic carbocycles. The number of thiophene rings is 1. The number of carbonyl (C=O) groups excluding carboxylic acids is 1. The Morgan fingerprint density at radius 1 is 1.43 bits per heavy atom. The minimum absolute atomic E-state index is 0.0302. The molecule has 1 aliphatic rings. The highest BCUT2D eigenvalue weighted by atomic mass is 32.1. The fourth-order valence-corrected chi connectivity index (χ4v) is 4.18. The van der Waals surface area contributed by atoms with Crippen molar-refractivity contribution in [3.05, 3.63) is 46.7 Å². The molecule has 2 N–H and O–H groups in total. The Morgan fingerprint density at radius 3 is 3.07 bits per heavy atom. The Hall–Kier alpha value is -2.58. The molecule has 7 nitrogen and oxygen atoms in total. The lowest BCUT2D eigenvalue weighted by Crippen LogP contribution is -2.30. The average molecular weight is 398 g/mol. The Bertz CT molecular complexity index is 969. The van der Waals surface area contributed by atoms with Crippen molar-refractivity contribution >= 4 is 33.4 Å². The number of hydrogen-bond donors (Lipinski definition) is 2. The van der Waals surface area contributed by atoms with E-state index in [9.17, 15) is 4.79 Å². The quantitative estimate of drug-likeness (QED) is 0.663. The van der Waals surface area contributed by atoms with Crippen molar-refractivity contribution in [2.24, 2.45) is 5.92 Å². The SMILES string of the molecule is Cc1cc2nc(N[C@@H](C)c3cccnc3)nc(C(=O)NCC3CCOC3)c2s1. The van der Waals surface area contributed by atoms with Gasteiger partial charge in [-0.3, -0.25) is 9.78 Å². The van der Waals surface area contributed by atoms with E-state index in [1.54, 1.807) is 17.5 Å². The zero-order valence-electron chi connectivity index (χ0n) is 15.9. The number of hydrogen-bond acceptors (Lipinski definition) is 7. The molecule has 1 fully saturated rings. The number of anilines is 1. The second-order valence-corrected chi connectivity index (χ2v) is 8.32. The van der Waals surface area contributed by atoms with Crippen LogP contribution in [-0.2, 0) is 4.74 Å². The Morgan fingerprint density at radius 2 is 2.32 bits per heavy atom. The van der Waals surface area contributed by atoms with Crippen LogP contribution in [-0.4, -0.2) is 40.6 Å². The first-order valence-corrected chi connectivity index (χ1v) is 10.2. The fraction of sp³-hybridized carbons (Fsp3) is 0.400. The highest BCUT2D eigenvalue weighted by Gasteiger charge is 2.21. The summed E-state index contributed by atoms with van der Waals surface area (Å²) in [5.74, 6) is 0.642. The number of nitrogens with zero attached hydrogens (tertiary/aromatic N) is 3. The predicted octanol–water partition coefficient (Wildman–Crippen LogP) is 3.33. The van der Waals surface area contributed by atoms with Crippen molar-refractivity contribution < 1.29 is 9.53 Å². The number of aromatic nitrogens is 3. The molecule has 2 atom stereocenters. The molecular formula is C20H23N5O2S. The summed E-state index contributed by atoms with van der Waals surface area (Å²) < 4.78 is 6.20. The monoisotopic (exact) mass is 397 g/mol. The maximum absolute atomic E-state index is 12.9. The van der Waals surface area contributed by atoms with Gasteiger partial charge in [-0.25, -0.2) is 9.97 Å². The summed E-state index contributed by atoms with van der Waals surface area (Å²) in [6.07, 6.45) is 4.53. The number of amides is 1. The summed E-state index contributed by atoms with van der Waals surface area (Å²) >= 11 is 1.54. The molecule has 4 rings (SSSR count). The maximum atomic E-state index is 12.9. The molecule has 0 spiro atoms. The molecule has 28 heavy (non-hydrogen) atoms. The van der Waals surface area contributed by atoms with E-state index in [2.05, 4.69) is 25.6 Å². The number of nitrogens with one attached hydrogen (secondary N) is 2. The van der Waals surface area contributed by atoms with Crippen molar-refractivity contribution in [3.63, 3.8) is 0 Å². The maximum Gasteiger partial charge on any atom is 0.271 e. The topological polar surface area (TPSA) is 89.0 Å². The van der Waals surface area contributed by atoms with Crippen LogP contribution in [0.25, 0.3) is 10.2 Å². The van der Waals surface area contributed by atoms with Gasteiger partial charge in [0.05, 0.1) is 22.9 Å². The lowest BCUT2D eigenvalue weighted by atomic mass is 10.1. The van der Waals surface area contributed by atoms with Crippen LogP contribution in [0.4, 0.5) is 5.95 Å². The van der Waals surface area contributed by atoms with Crippen molar-refractivity contribution in [1.82, 2.24) is 20.3 Å². The minimum Gasteiger partial charge on any atom is -0.381 e. The van der Waals surface area contributed by atoms with Gasteiger partial charge in [0.1, 0.15) is 0 Å². The van der Waals surface area contributed by atoms with Gasteiger partial charge in [-0.2, -0.15) is 0 Å². The Balaban J connectivity index is 1.58. The summed E-state index contributed by atoms with van der Waals surface area (Å²) in [5, 5.41) is 6.31. The Kier molecular flexibility index (Phi) is 5.50. The number of aryl methyl sites for hydroxylation is 1. The molecule has 3 aromatic heterocycles. The van der Waals surface area contributed by atoms with E-state index in [0.29, 0.717) is 30.7 Å². The van der Waals surface area contributed by atoms with Gasteiger partial charge in [-0.1, -0.05) is 6.07 Å². The smallest absolute Gasteiger partial charge is 0.271 e. The zero-order chi connectivity index (χ0) is 19.5. The van der Waals surface area contributed by atoms with Crippen LogP contribution >= 0.6 is 11.3 Å². The highest BCUT2D eigenvalue weighted by molar-refractivity contribution is 7.19. The van der Waals surface area contributed by atoms with Crippen LogP contribution in [0.2, 0.25) is 0 Å². The van der Waals surface area contributed by atoms with Crippen LogP contribution in [0.15, 0.2) is 30.6 Å². The standard InChI is InChI=1S/C20H23N5O2S/c1-12-8-16-18(28-12)17(19(26)22-9-14-5-7-27-11-14)25-20(24-16)23-13(2)15-4-3-6-21-10-15/h3-4,6,8,10,13-14H,5,7,9,11H2,1-2H3,(H,22,26)(H,23,24,25)/t13-,14?/m0/s1. The molecular weight excluding hydrogens is 374 g/mol. The second-order valence-electron chi connectivity index (χ2n) is 7.06. The molecule has 8 heteroatoms. The van der Waals surface area contributed by atoms with Gasteiger partial charge in [-0.15, -0.1) is 11.3 Å². The van der Waals surface area contributed by atoms with E-state index >= 15 is 0 Å². The van der Waals surface area contributed by atoms with E-state index in [4.69, 9.17) is 4.74 Å². The van der Waals surface area contributed by atoms with Gasteiger partial charge < -0.3 is 15.4 Å². The van der Waals surface area contributed by atoms with Crippen LogP contribution in [0.5, 0.6) is 0 Å². The van der Waals surface area contributed by atoms with Gasteiger partial charge in [0.2, 0.25) is 5.95 Å². The molecule has 146 valence electrons. The van der Waals surface area contributed by atoms with E-state index in [1.807, 2.05) is 38.2 Å². The lowest BCUT2D eigenvalue weighted by molar-refractivity contribution is 0.0942. The molecule has 1 unspecified atom stereocenters. The van der Waals surface area contributed by atoms with Gasteiger partial charge in [0.15, 0.2) is 5.69 Å². The van der Waals surface area contributed by atoms with Crippen molar-refractivity contribution in [1.29, 1.82) is 0 Å². The van der Waals surface area contributed by atoms with Crippen LogP contribution < -0.4 is 10.6 Å². The van der Waals surface area contributed by atoms with E-state index < -0.39 is 0 Å². The molecule has 4 heterocycles. The first kappa shape index (κ1) is 18.8. The number of rotatable bonds is 6. The van der Waals surface area contributed by atoms with E-state index in [-0.39, 0.29) is 11.9 Å². The summed E-state index contributed by atoms with van der Waals surface area (Å²) in [6.45, 7) is 6.10. The van der Waals surface area contributed by atoms with E-state index in [1.165, 1.54) is 0 Å². The predicted molar refractivity (Wildman–Crippen MR) is 110 cm³/mol. The van der Waals surface area contributed by atoms with Crippen LogP contribution in [0.1, 0.15) is 40.3 Å². The van der Waals surface area contributed by atoms with Gasteiger partial charge >= 0.3 is 0 Å². The number of ether oxygens (including phenoxy) is 1. The average Bonchev–Trinajstić information content (AvgIpc) is 3.34. The fourth-order valence-electron chi connectivity index (χ4n) is 3.24. The van der Waals surface area contributed by atoms with Gasteiger partial charge in [-0.05, 0) is 38.0 Å². The second kappa shape index (κ2) is 8.20. The molecule has 1 saturated heterocycles. The number of carbonyl (C=O) groups is 1. The lowest BCUT2D eigenvalue weighted by Gasteiger charge is -2.15. The molecule has 0 aromatic carbocycles. The first-order valence-electron chi connectivity index (χ1n) is 9.40. The molecule has 0 radical (unpaired) electrons. The largest absolute Gasteiger partial charge is 0.381 e. The Labute approximate surface area is 167 Å². The molecule has 0 saturated carbocycles. The number of pyridine rings is 1. The van der Waals surface area contributed by atoms with E-state index in [0.717, 1.165) is 33.7 Å². The third kappa shape index (κ3) is 4.13. The molecule has 3 aromatic rings. The number of fused-ring (bicyclic) bond motifs is 1. The van der Waals surface area contributed by atoms with Crippen molar-refractivity contribution in [3.8, 4) is 0 Å². The minimum atomic E-state index is -0.168.